The molecule has 5 nitrogen and oxygen atoms in total. The second-order valence-corrected chi connectivity index (χ2v) is 2.72. The van der Waals surface area contributed by atoms with Crippen LogP contribution < -0.4 is 5.32 Å². The van der Waals surface area contributed by atoms with Crippen LogP contribution in [-0.2, 0) is 6.54 Å². The third kappa shape index (κ3) is 1.72. The number of carboxylic acids is 1. The second kappa shape index (κ2) is 3.40. The quantitative estimate of drug-likeness (QED) is 0.670. The van der Waals surface area contributed by atoms with E-state index in [9.17, 15) is 4.79 Å². The van der Waals surface area contributed by atoms with Gasteiger partial charge in [0.05, 0.1) is 4.88 Å². The van der Waals surface area contributed by atoms with Crippen molar-refractivity contribution >= 4 is 17.5 Å². The van der Waals surface area contributed by atoms with Crippen molar-refractivity contribution in [2.75, 3.05) is 7.05 Å². The third-order valence-corrected chi connectivity index (χ3v) is 1.82. The molecule has 0 spiro atoms. The summed E-state index contributed by atoms with van der Waals surface area (Å²) in [5, 5.41) is 14.9. The molecule has 0 fully saturated rings. The Morgan fingerprint density at radius 3 is 3.09 bits per heavy atom. The minimum Gasteiger partial charge on any atom is -0.476 e. The third-order valence-electron chi connectivity index (χ3n) is 1.10. The first-order valence-electron chi connectivity index (χ1n) is 2.95. The molecule has 0 saturated carbocycles. The van der Waals surface area contributed by atoms with Gasteiger partial charge in [-0.2, -0.15) is 0 Å². The molecule has 0 radical (unpaired) electrons. The van der Waals surface area contributed by atoms with Gasteiger partial charge in [-0.25, -0.2) is 4.79 Å². The molecule has 0 bridgehead atoms. The van der Waals surface area contributed by atoms with Crippen LogP contribution in [0, 0.1) is 0 Å². The first-order chi connectivity index (χ1) is 5.25. The second-order valence-electron chi connectivity index (χ2n) is 1.88. The first kappa shape index (κ1) is 8.09. The van der Waals surface area contributed by atoms with Gasteiger partial charge in [0.2, 0.25) is 0 Å². The molecule has 2 N–H and O–H groups in total. The fourth-order valence-electron chi connectivity index (χ4n) is 0.648. The van der Waals surface area contributed by atoms with Gasteiger partial charge in [-0.15, -0.1) is 5.10 Å². The maximum atomic E-state index is 10.4. The van der Waals surface area contributed by atoms with E-state index in [2.05, 4.69) is 14.9 Å². The highest BCUT2D eigenvalue weighted by Gasteiger charge is 2.13. The van der Waals surface area contributed by atoms with E-state index in [-0.39, 0.29) is 5.69 Å². The Labute approximate surface area is 67.2 Å². The van der Waals surface area contributed by atoms with E-state index in [1.54, 1.807) is 7.05 Å². The number of carboxylic acid groups (broad SMARTS) is 1. The van der Waals surface area contributed by atoms with E-state index in [1.807, 2.05) is 0 Å². The smallest absolute Gasteiger partial charge is 0.357 e. The molecule has 0 amide bonds. The molecule has 0 unspecified atom stereocenters. The number of nitrogens with zero attached hydrogens (tertiary/aromatic N) is 2. The Kier molecular flexibility index (Phi) is 2.50. The minimum atomic E-state index is -1.02. The van der Waals surface area contributed by atoms with Crippen LogP contribution in [-0.4, -0.2) is 27.7 Å². The maximum absolute atomic E-state index is 10.4. The van der Waals surface area contributed by atoms with Crippen molar-refractivity contribution in [3.05, 3.63) is 10.6 Å². The normalized spacial score (nSPS) is 9.91. The van der Waals surface area contributed by atoms with Gasteiger partial charge < -0.3 is 10.4 Å². The van der Waals surface area contributed by atoms with E-state index in [0.29, 0.717) is 11.4 Å². The Balaban J connectivity index is 2.87. The van der Waals surface area contributed by atoms with Crippen molar-refractivity contribution in [3.63, 3.8) is 0 Å². The molecule has 0 aromatic carbocycles. The number of aromatic carboxylic acids is 1. The van der Waals surface area contributed by atoms with E-state index >= 15 is 0 Å². The van der Waals surface area contributed by atoms with Gasteiger partial charge in [0, 0.05) is 6.54 Å². The molecule has 0 saturated heterocycles. The van der Waals surface area contributed by atoms with E-state index in [0.717, 1.165) is 11.5 Å². The molecule has 1 rings (SSSR count). The summed E-state index contributed by atoms with van der Waals surface area (Å²) in [4.78, 5) is 11.1. The number of rotatable bonds is 3. The van der Waals surface area contributed by atoms with Crippen molar-refractivity contribution in [3.8, 4) is 0 Å². The molecule has 0 aliphatic carbocycles. The predicted octanol–water partition coefficient (Wildman–Crippen LogP) is -0.0443. The minimum absolute atomic E-state index is 0.0457. The molecule has 1 heterocycles. The number of hydrogen-bond acceptors (Lipinski definition) is 5. The Bertz CT molecular complexity index is 260. The summed E-state index contributed by atoms with van der Waals surface area (Å²) in [6.07, 6.45) is 0. The molecule has 11 heavy (non-hydrogen) atoms. The van der Waals surface area contributed by atoms with Gasteiger partial charge in [0.15, 0.2) is 5.69 Å². The maximum Gasteiger partial charge on any atom is 0.357 e. The number of carbonyl (C=O) groups is 1. The average molecular weight is 173 g/mol. The zero-order chi connectivity index (χ0) is 8.27. The van der Waals surface area contributed by atoms with Crippen LogP contribution in [0.15, 0.2) is 0 Å². The summed E-state index contributed by atoms with van der Waals surface area (Å²) in [5.41, 5.74) is 0.0457. The summed E-state index contributed by atoms with van der Waals surface area (Å²) in [6.45, 7) is 0.499. The lowest BCUT2D eigenvalue weighted by Crippen LogP contribution is -2.08. The van der Waals surface area contributed by atoms with Crippen molar-refractivity contribution in [2.24, 2.45) is 0 Å². The molecule has 1 aromatic heterocycles. The highest BCUT2D eigenvalue weighted by Crippen LogP contribution is 2.09. The Morgan fingerprint density at radius 2 is 2.55 bits per heavy atom. The predicted molar refractivity (Wildman–Crippen MR) is 39.6 cm³/mol. The van der Waals surface area contributed by atoms with Gasteiger partial charge in [-0.3, -0.25) is 0 Å². The average Bonchev–Trinajstić information content (AvgIpc) is 2.36. The summed E-state index contributed by atoms with van der Waals surface area (Å²) in [6, 6.07) is 0. The van der Waals surface area contributed by atoms with Gasteiger partial charge in [-0.1, -0.05) is 4.49 Å². The number of nitrogens with one attached hydrogen (secondary N) is 1. The van der Waals surface area contributed by atoms with E-state index < -0.39 is 5.97 Å². The molecule has 60 valence electrons. The van der Waals surface area contributed by atoms with Crippen LogP contribution >= 0.6 is 11.5 Å². The molecule has 0 aliphatic rings. The zero-order valence-corrected chi connectivity index (χ0v) is 6.68. The van der Waals surface area contributed by atoms with Crippen molar-refractivity contribution < 1.29 is 9.90 Å². The lowest BCUT2D eigenvalue weighted by Gasteiger charge is -1.92. The molecule has 0 atom stereocenters. The Hall–Kier alpha value is -1.01. The molecule has 1 aromatic rings. The SMILES string of the molecule is CNCc1snnc1C(=O)O. The topological polar surface area (TPSA) is 75.1 Å². The van der Waals surface area contributed by atoms with Gasteiger partial charge >= 0.3 is 5.97 Å². The molecular formula is C5H7N3O2S. The highest BCUT2D eigenvalue weighted by atomic mass is 32.1. The fraction of sp³-hybridized carbons (Fsp3) is 0.400. The van der Waals surface area contributed by atoms with Crippen LogP contribution in [0.4, 0.5) is 0 Å². The van der Waals surface area contributed by atoms with Gasteiger partial charge in [0.1, 0.15) is 0 Å². The molecule has 6 heteroatoms. The van der Waals surface area contributed by atoms with Crippen LogP contribution in [0.3, 0.4) is 0 Å². The number of aromatic nitrogens is 2. The van der Waals surface area contributed by atoms with Crippen LogP contribution in [0.25, 0.3) is 0 Å². The van der Waals surface area contributed by atoms with Crippen LogP contribution in [0.5, 0.6) is 0 Å². The van der Waals surface area contributed by atoms with Gasteiger partial charge in [0.25, 0.3) is 0 Å². The van der Waals surface area contributed by atoms with E-state index in [1.165, 1.54) is 0 Å². The fourth-order valence-corrected chi connectivity index (χ4v) is 1.29. The zero-order valence-electron chi connectivity index (χ0n) is 5.87. The summed E-state index contributed by atoms with van der Waals surface area (Å²) < 4.78 is 3.53. The number of hydrogen-bond donors (Lipinski definition) is 2. The highest BCUT2D eigenvalue weighted by molar-refractivity contribution is 7.05. The summed E-state index contributed by atoms with van der Waals surface area (Å²) >= 11 is 1.10. The standard InChI is InChI=1S/C5H7N3O2S/c1-6-2-3-4(5(9)10)7-8-11-3/h6H,2H2,1H3,(H,9,10). The van der Waals surface area contributed by atoms with E-state index in [4.69, 9.17) is 5.11 Å². The lowest BCUT2D eigenvalue weighted by atomic mass is 10.4. The lowest BCUT2D eigenvalue weighted by molar-refractivity contribution is 0.0689. The summed E-state index contributed by atoms with van der Waals surface area (Å²) in [7, 11) is 1.74. The van der Waals surface area contributed by atoms with Gasteiger partial charge in [-0.05, 0) is 18.6 Å². The van der Waals surface area contributed by atoms with Crippen molar-refractivity contribution in [1.29, 1.82) is 0 Å². The molecular weight excluding hydrogens is 166 g/mol. The van der Waals surface area contributed by atoms with Crippen molar-refractivity contribution in [1.82, 2.24) is 14.9 Å². The molecule has 0 aliphatic heterocycles. The summed E-state index contributed by atoms with van der Waals surface area (Å²) in [5.74, 6) is -1.02. The monoisotopic (exact) mass is 173 g/mol. The van der Waals surface area contributed by atoms with Crippen molar-refractivity contribution in [2.45, 2.75) is 6.54 Å². The largest absolute Gasteiger partial charge is 0.476 e. The van der Waals surface area contributed by atoms with Crippen LogP contribution in [0.2, 0.25) is 0 Å². The first-order valence-corrected chi connectivity index (χ1v) is 3.72. The Morgan fingerprint density at radius 1 is 1.82 bits per heavy atom. The van der Waals surface area contributed by atoms with Crippen LogP contribution in [0.1, 0.15) is 15.4 Å².